The highest BCUT2D eigenvalue weighted by molar-refractivity contribution is 7.15. The van der Waals surface area contributed by atoms with Gasteiger partial charge in [0.15, 0.2) is 0 Å². The third-order valence-corrected chi connectivity index (χ3v) is 7.29. The first-order valence-corrected chi connectivity index (χ1v) is 13.2. The van der Waals surface area contributed by atoms with Crippen LogP contribution in [0.5, 0.6) is 0 Å². The van der Waals surface area contributed by atoms with Crippen LogP contribution in [0.15, 0.2) is 84.9 Å². The van der Waals surface area contributed by atoms with Crippen LogP contribution in [0, 0.1) is 6.92 Å². The fraction of sp³-hybridized carbons (Fsp3) is 0.226. The molecule has 1 heterocycles. The van der Waals surface area contributed by atoms with Gasteiger partial charge in [0.25, 0.3) is 5.91 Å². The first-order chi connectivity index (χ1) is 18.0. The maximum Gasteiger partial charge on any atom is 0.326 e. The quantitative estimate of drug-likeness (QED) is 0.224. The summed E-state index contributed by atoms with van der Waals surface area (Å²) in [5.74, 6) is -1.42. The Balaban J connectivity index is 1.52. The van der Waals surface area contributed by atoms with Crippen LogP contribution in [-0.2, 0) is 22.7 Å². The van der Waals surface area contributed by atoms with E-state index in [0.29, 0.717) is 31.6 Å². The number of ether oxygens (including phenoxy) is 1. The van der Waals surface area contributed by atoms with E-state index >= 15 is 0 Å². The molecule has 0 saturated carbocycles. The molecule has 0 spiro atoms. The second-order valence-electron chi connectivity index (χ2n) is 8.97. The standard InChI is InChI=1S/C31H31NO4S/c1-3-9-28(31(34)35)32-30(33)26-16-14-22(18-27(26)25-13-8-7-10-21(25)2)19-36-20-24-15-17-29(37-24)23-11-5-4-6-12-23/h4-8,10-18,28H,3,9,19-20H2,1-2H3,(H,32,33)(H,34,35)/t28-/m0/s1. The molecular weight excluding hydrogens is 482 g/mol. The Morgan fingerprint density at radius 1 is 0.919 bits per heavy atom. The number of aryl methyl sites for hydroxylation is 1. The lowest BCUT2D eigenvalue weighted by Gasteiger charge is -2.17. The van der Waals surface area contributed by atoms with Crippen molar-refractivity contribution in [1.82, 2.24) is 5.32 Å². The molecule has 37 heavy (non-hydrogen) atoms. The summed E-state index contributed by atoms with van der Waals surface area (Å²) in [7, 11) is 0. The molecule has 190 valence electrons. The van der Waals surface area contributed by atoms with E-state index in [1.165, 1.54) is 10.4 Å². The minimum Gasteiger partial charge on any atom is -0.480 e. The van der Waals surface area contributed by atoms with Crippen LogP contribution < -0.4 is 5.32 Å². The van der Waals surface area contributed by atoms with Crippen LogP contribution in [0.4, 0.5) is 0 Å². The Hall–Kier alpha value is -3.74. The molecule has 4 rings (SSSR count). The summed E-state index contributed by atoms with van der Waals surface area (Å²) < 4.78 is 6.04. The molecule has 0 aliphatic rings. The smallest absolute Gasteiger partial charge is 0.326 e. The number of amides is 1. The van der Waals surface area contributed by atoms with Crippen molar-refractivity contribution in [3.05, 3.63) is 106 Å². The molecule has 0 radical (unpaired) electrons. The lowest BCUT2D eigenvalue weighted by atomic mass is 9.93. The van der Waals surface area contributed by atoms with Crippen LogP contribution in [0.3, 0.4) is 0 Å². The van der Waals surface area contributed by atoms with Gasteiger partial charge >= 0.3 is 5.97 Å². The molecule has 0 bridgehead atoms. The fourth-order valence-corrected chi connectivity index (χ4v) is 5.19. The van der Waals surface area contributed by atoms with Crippen LogP contribution in [0.2, 0.25) is 0 Å². The fourth-order valence-electron chi connectivity index (χ4n) is 4.24. The van der Waals surface area contributed by atoms with Crippen LogP contribution in [0.25, 0.3) is 21.6 Å². The van der Waals surface area contributed by atoms with Crippen molar-refractivity contribution in [2.45, 2.75) is 45.9 Å². The van der Waals surface area contributed by atoms with E-state index in [2.05, 4.69) is 29.6 Å². The SMILES string of the molecule is CCC[C@H](NC(=O)c1ccc(COCc2ccc(-c3ccccc3)s2)cc1-c1ccccc1C)C(=O)O. The van der Waals surface area contributed by atoms with Gasteiger partial charge in [0.1, 0.15) is 6.04 Å². The number of nitrogens with one attached hydrogen (secondary N) is 1. The molecule has 0 aliphatic heterocycles. The topological polar surface area (TPSA) is 75.6 Å². The molecule has 1 aromatic heterocycles. The van der Waals surface area contributed by atoms with Crippen molar-refractivity contribution in [2.24, 2.45) is 0 Å². The summed E-state index contributed by atoms with van der Waals surface area (Å²) >= 11 is 1.72. The van der Waals surface area contributed by atoms with Gasteiger partial charge in [-0.25, -0.2) is 4.79 Å². The van der Waals surface area contributed by atoms with Gasteiger partial charge in [-0.3, -0.25) is 4.79 Å². The number of hydrogen-bond donors (Lipinski definition) is 2. The molecule has 4 aromatic rings. The van der Waals surface area contributed by atoms with Gasteiger partial charge in [-0.15, -0.1) is 11.3 Å². The number of carboxylic acid groups (broad SMARTS) is 1. The number of thiophene rings is 1. The molecule has 6 heteroatoms. The lowest BCUT2D eigenvalue weighted by molar-refractivity contribution is -0.139. The van der Waals surface area contributed by atoms with Crippen molar-refractivity contribution in [2.75, 3.05) is 0 Å². The van der Waals surface area contributed by atoms with Gasteiger partial charge < -0.3 is 15.2 Å². The molecule has 3 aromatic carbocycles. The molecular formula is C31H31NO4S. The van der Waals surface area contributed by atoms with Crippen molar-refractivity contribution in [3.63, 3.8) is 0 Å². The van der Waals surface area contributed by atoms with Crippen molar-refractivity contribution < 1.29 is 19.4 Å². The normalized spacial score (nSPS) is 11.7. The predicted octanol–water partition coefficient (Wildman–Crippen LogP) is 7.09. The molecule has 5 nitrogen and oxygen atoms in total. The highest BCUT2D eigenvalue weighted by Crippen LogP contribution is 2.30. The molecule has 0 saturated heterocycles. The third-order valence-electron chi connectivity index (χ3n) is 6.18. The van der Waals surface area contributed by atoms with Crippen molar-refractivity contribution >= 4 is 23.2 Å². The van der Waals surface area contributed by atoms with E-state index in [0.717, 1.165) is 27.1 Å². The second kappa shape index (κ2) is 12.5. The average molecular weight is 514 g/mol. The summed E-state index contributed by atoms with van der Waals surface area (Å²) in [5.41, 5.74) is 5.32. The molecule has 0 aliphatic carbocycles. The zero-order valence-corrected chi connectivity index (χ0v) is 21.9. The summed E-state index contributed by atoms with van der Waals surface area (Å²) in [4.78, 5) is 27.1. The summed E-state index contributed by atoms with van der Waals surface area (Å²) in [6, 6.07) is 27.0. The summed E-state index contributed by atoms with van der Waals surface area (Å²) in [6.07, 6.45) is 1.04. The average Bonchev–Trinajstić information content (AvgIpc) is 3.38. The monoisotopic (exact) mass is 513 g/mol. The summed E-state index contributed by atoms with van der Waals surface area (Å²) in [5, 5.41) is 12.2. The Kier molecular flexibility index (Phi) is 8.88. The highest BCUT2D eigenvalue weighted by atomic mass is 32.1. The molecule has 1 amide bonds. The first-order valence-electron chi connectivity index (χ1n) is 12.4. The van der Waals surface area contributed by atoms with Crippen LogP contribution >= 0.6 is 11.3 Å². The maximum absolute atomic E-state index is 13.2. The van der Waals surface area contributed by atoms with Gasteiger partial charge in [-0.1, -0.05) is 74.0 Å². The minimum atomic E-state index is -1.03. The maximum atomic E-state index is 13.2. The zero-order chi connectivity index (χ0) is 26.2. The Bertz CT molecular complexity index is 1360. The Morgan fingerprint density at radius 2 is 1.68 bits per heavy atom. The summed E-state index contributed by atoms with van der Waals surface area (Å²) in [6.45, 7) is 4.79. The van der Waals surface area contributed by atoms with Crippen LogP contribution in [0.1, 0.15) is 46.1 Å². The molecule has 0 unspecified atom stereocenters. The number of hydrogen-bond acceptors (Lipinski definition) is 4. The number of carbonyl (C=O) groups excluding carboxylic acids is 1. The van der Waals surface area contributed by atoms with Crippen molar-refractivity contribution in [1.29, 1.82) is 0 Å². The Labute approximate surface area is 221 Å². The number of carboxylic acids is 1. The highest BCUT2D eigenvalue weighted by Gasteiger charge is 2.22. The van der Waals surface area contributed by atoms with Gasteiger partial charge in [0, 0.05) is 15.3 Å². The van der Waals surface area contributed by atoms with E-state index in [1.807, 2.05) is 68.4 Å². The zero-order valence-electron chi connectivity index (χ0n) is 21.1. The van der Waals surface area contributed by atoms with Gasteiger partial charge in [-0.05, 0) is 65.4 Å². The van der Waals surface area contributed by atoms with Crippen LogP contribution in [-0.4, -0.2) is 23.0 Å². The van der Waals surface area contributed by atoms with Gasteiger partial charge in [0.05, 0.1) is 13.2 Å². The van der Waals surface area contributed by atoms with E-state index in [1.54, 1.807) is 17.4 Å². The van der Waals surface area contributed by atoms with E-state index in [9.17, 15) is 14.7 Å². The number of benzene rings is 3. The predicted molar refractivity (Wildman–Crippen MR) is 149 cm³/mol. The first kappa shape index (κ1) is 26.3. The van der Waals surface area contributed by atoms with E-state index in [-0.39, 0.29) is 0 Å². The van der Waals surface area contributed by atoms with Gasteiger partial charge in [0.2, 0.25) is 0 Å². The second-order valence-corrected chi connectivity index (χ2v) is 10.1. The molecule has 2 N–H and O–H groups in total. The Morgan fingerprint density at radius 3 is 2.41 bits per heavy atom. The molecule has 1 atom stereocenters. The van der Waals surface area contributed by atoms with E-state index < -0.39 is 17.9 Å². The lowest BCUT2D eigenvalue weighted by Crippen LogP contribution is -2.40. The van der Waals surface area contributed by atoms with E-state index in [4.69, 9.17) is 4.74 Å². The van der Waals surface area contributed by atoms with Gasteiger partial charge in [-0.2, -0.15) is 0 Å². The van der Waals surface area contributed by atoms with Crippen molar-refractivity contribution in [3.8, 4) is 21.6 Å². The largest absolute Gasteiger partial charge is 0.480 e. The minimum absolute atomic E-state index is 0.376. The third kappa shape index (κ3) is 6.73. The number of aliphatic carboxylic acids is 1. The number of carbonyl (C=O) groups is 2. The number of rotatable bonds is 11. The molecule has 0 fully saturated rings.